The van der Waals surface area contributed by atoms with E-state index in [9.17, 15) is 5.11 Å². The fraction of sp³-hybridized carbons (Fsp3) is 0.259. The van der Waals surface area contributed by atoms with Gasteiger partial charge in [-0.3, -0.25) is 0 Å². The third-order valence-electron chi connectivity index (χ3n) is 5.80. The summed E-state index contributed by atoms with van der Waals surface area (Å²) in [5.74, 6) is 0.638. The van der Waals surface area contributed by atoms with Crippen LogP contribution in [0.2, 0.25) is 0 Å². The van der Waals surface area contributed by atoms with Gasteiger partial charge in [-0.1, -0.05) is 84.4 Å². The largest absolute Gasteiger partial charge is 0.396 e. The fourth-order valence-electron chi connectivity index (χ4n) is 3.99. The van der Waals surface area contributed by atoms with Crippen LogP contribution in [0.5, 0.6) is 0 Å². The molecule has 1 aliphatic rings. The van der Waals surface area contributed by atoms with Crippen molar-refractivity contribution in [3.05, 3.63) is 107 Å². The highest BCUT2D eigenvalue weighted by molar-refractivity contribution is 5.98. The lowest BCUT2D eigenvalue weighted by atomic mass is 9.85. The molecule has 0 aromatic heterocycles. The van der Waals surface area contributed by atoms with Gasteiger partial charge < -0.3 is 10.4 Å². The van der Waals surface area contributed by atoms with E-state index >= 15 is 0 Å². The van der Waals surface area contributed by atoms with Gasteiger partial charge in [0.25, 0.3) is 0 Å². The first-order valence-electron chi connectivity index (χ1n) is 10.5. The van der Waals surface area contributed by atoms with Gasteiger partial charge in [-0.2, -0.15) is 0 Å². The summed E-state index contributed by atoms with van der Waals surface area (Å²) in [5.41, 5.74) is 8.92. The quantitative estimate of drug-likeness (QED) is 0.535. The lowest BCUT2D eigenvalue weighted by molar-refractivity contribution is 0.290. The molecule has 2 nitrogen and oxygen atoms in total. The summed E-state index contributed by atoms with van der Waals surface area (Å²) in [5, 5.41) is 12.9. The van der Waals surface area contributed by atoms with Crippen LogP contribution in [0.25, 0.3) is 11.1 Å². The van der Waals surface area contributed by atoms with Crippen molar-refractivity contribution in [2.45, 2.75) is 25.7 Å². The average molecular weight is 384 g/mol. The Balaban J connectivity index is 1.85. The fourth-order valence-corrected chi connectivity index (χ4v) is 3.99. The Morgan fingerprint density at radius 3 is 2.00 bits per heavy atom. The van der Waals surface area contributed by atoms with Crippen LogP contribution >= 0.6 is 0 Å². The molecule has 1 saturated heterocycles. The lowest BCUT2D eigenvalue weighted by Crippen LogP contribution is -2.39. The van der Waals surface area contributed by atoms with Crippen molar-refractivity contribution in [3.8, 4) is 0 Å². The van der Waals surface area contributed by atoms with Crippen LogP contribution in [0.3, 0.4) is 0 Å². The standard InChI is InChI=1S/C27H29NO/c1-20-9-11-23(12-10-20)27(24-15-13-21(14-16-24)25-18-28-19-25)26(8-5-17-29)22-6-3-2-4-7-22/h2-4,6-7,9-16,25,28-29H,5,8,17-19H2,1H3/b27-26-. The number of allylic oxidation sites excluding steroid dienone is 1. The van der Waals surface area contributed by atoms with Gasteiger partial charge in [0.05, 0.1) is 0 Å². The molecular weight excluding hydrogens is 354 g/mol. The minimum absolute atomic E-state index is 0.200. The third-order valence-corrected chi connectivity index (χ3v) is 5.80. The second kappa shape index (κ2) is 9.21. The van der Waals surface area contributed by atoms with E-state index in [1.165, 1.54) is 39.0 Å². The third kappa shape index (κ3) is 4.50. The van der Waals surface area contributed by atoms with Crippen LogP contribution < -0.4 is 5.32 Å². The predicted molar refractivity (Wildman–Crippen MR) is 122 cm³/mol. The first kappa shape index (κ1) is 19.6. The Labute approximate surface area is 173 Å². The molecule has 0 atom stereocenters. The van der Waals surface area contributed by atoms with Crippen molar-refractivity contribution in [2.24, 2.45) is 0 Å². The molecule has 0 bridgehead atoms. The molecule has 0 aliphatic carbocycles. The van der Waals surface area contributed by atoms with Crippen LogP contribution in [0.15, 0.2) is 78.9 Å². The second-order valence-corrected chi connectivity index (χ2v) is 7.89. The SMILES string of the molecule is Cc1ccc(/C(=C(\CCCO)c2ccccc2)c2ccc(C3CNC3)cc2)cc1. The molecular formula is C27H29NO. The number of hydrogen-bond donors (Lipinski definition) is 2. The first-order chi connectivity index (χ1) is 14.3. The van der Waals surface area contributed by atoms with Gasteiger partial charge in [0.2, 0.25) is 0 Å². The van der Waals surface area contributed by atoms with Crippen molar-refractivity contribution in [1.82, 2.24) is 5.32 Å². The number of aryl methyl sites for hydroxylation is 1. The molecule has 0 spiro atoms. The van der Waals surface area contributed by atoms with E-state index in [4.69, 9.17) is 0 Å². The van der Waals surface area contributed by atoms with Crippen LogP contribution in [0.1, 0.15) is 46.6 Å². The number of aliphatic hydroxyl groups is 1. The molecule has 0 radical (unpaired) electrons. The summed E-state index contributed by atoms with van der Waals surface area (Å²) < 4.78 is 0. The Morgan fingerprint density at radius 2 is 1.45 bits per heavy atom. The monoisotopic (exact) mass is 383 g/mol. The second-order valence-electron chi connectivity index (χ2n) is 7.89. The molecule has 1 fully saturated rings. The van der Waals surface area contributed by atoms with Crippen molar-refractivity contribution in [3.63, 3.8) is 0 Å². The number of rotatable bonds is 7. The summed E-state index contributed by atoms with van der Waals surface area (Å²) in [4.78, 5) is 0. The molecule has 2 N–H and O–H groups in total. The summed E-state index contributed by atoms with van der Waals surface area (Å²) in [7, 11) is 0. The van der Waals surface area contributed by atoms with E-state index in [1.54, 1.807) is 0 Å². The molecule has 4 rings (SSSR count). The molecule has 3 aromatic rings. The molecule has 2 heteroatoms. The normalized spacial score (nSPS) is 15.0. The van der Waals surface area contributed by atoms with Gasteiger partial charge in [0, 0.05) is 25.6 Å². The minimum atomic E-state index is 0.200. The van der Waals surface area contributed by atoms with Crippen molar-refractivity contribution in [2.75, 3.05) is 19.7 Å². The first-order valence-corrected chi connectivity index (χ1v) is 10.5. The maximum atomic E-state index is 9.52. The smallest absolute Gasteiger partial charge is 0.0434 e. The molecule has 0 saturated carbocycles. The maximum absolute atomic E-state index is 9.52. The highest BCUT2D eigenvalue weighted by Crippen LogP contribution is 2.36. The molecule has 0 unspecified atom stereocenters. The van der Waals surface area contributed by atoms with Crippen LogP contribution in [0, 0.1) is 6.92 Å². The molecule has 3 aromatic carbocycles. The van der Waals surface area contributed by atoms with E-state index in [1.807, 2.05) is 0 Å². The van der Waals surface area contributed by atoms with E-state index in [0.717, 1.165) is 25.9 Å². The van der Waals surface area contributed by atoms with Crippen LogP contribution in [-0.4, -0.2) is 24.8 Å². The van der Waals surface area contributed by atoms with Crippen molar-refractivity contribution < 1.29 is 5.11 Å². The van der Waals surface area contributed by atoms with E-state index in [-0.39, 0.29) is 6.61 Å². The summed E-state index contributed by atoms with van der Waals surface area (Å²) in [6, 6.07) is 28.5. The Bertz CT molecular complexity index is 952. The van der Waals surface area contributed by atoms with Gasteiger partial charge in [0.15, 0.2) is 0 Å². The minimum Gasteiger partial charge on any atom is -0.396 e. The van der Waals surface area contributed by atoms with Gasteiger partial charge in [-0.15, -0.1) is 0 Å². The molecule has 148 valence electrons. The van der Waals surface area contributed by atoms with Crippen LogP contribution in [-0.2, 0) is 0 Å². The van der Waals surface area contributed by atoms with E-state index in [2.05, 4.69) is 91.1 Å². The summed E-state index contributed by atoms with van der Waals surface area (Å²) in [6.07, 6.45) is 1.60. The molecule has 29 heavy (non-hydrogen) atoms. The van der Waals surface area contributed by atoms with Gasteiger partial charge in [0.1, 0.15) is 0 Å². The Kier molecular flexibility index (Phi) is 6.24. The summed E-state index contributed by atoms with van der Waals surface area (Å²) in [6.45, 7) is 4.47. The van der Waals surface area contributed by atoms with Crippen molar-refractivity contribution in [1.29, 1.82) is 0 Å². The van der Waals surface area contributed by atoms with Gasteiger partial charge in [-0.25, -0.2) is 0 Å². The molecule has 1 aliphatic heterocycles. The topological polar surface area (TPSA) is 32.3 Å². The molecule has 1 heterocycles. The zero-order valence-corrected chi connectivity index (χ0v) is 17.1. The molecule has 0 amide bonds. The average Bonchev–Trinajstić information content (AvgIpc) is 2.72. The van der Waals surface area contributed by atoms with Gasteiger partial charge >= 0.3 is 0 Å². The van der Waals surface area contributed by atoms with Gasteiger partial charge in [-0.05, 0) is 53.2 Å². The maximum Gasteiger partial charge on any atom is 0.0434 e. The van der Waals surface area contributed by atoms with E-state index < -0.39 is 0 Å². The highest BCUT2D eigenvalue weighted by Gasteiger charge is 2.19. The zero-order valence-electron chi connectivity index (χ0n) is 17.1. The zero-order chi connectivity index (χ0) is 20.1. The van der Waals surface area contributed by atoms with Crippen molar-refractivity contribution >= 4 is 11.1 Å². The number of aliphatic hydroxyl groups excluding tert-OH is 1. The highest BCUT2D eigenvalue weighted by atomic mass is 16.2. The number of nitrogens with one attached hydrogen (secondary N) is 1. The predicted octanol–water partition coefficient (Wildman–Crippen LogP) is 5.41. The Hall–Kier alpha value is -2.68. The van der Waals surface area contributed by atoms with E-state index in [0.29, 0.717) is 5.92 Å². The number of benzene rings is 3. The number of hydrogen-bond acceptors (Lipinski definition) is 2. The lowest BCUT2D eigenvalue weighted by Gasteiger charge is -2.27. The summed E-state index contributed by atoms with van der Waals surface area (Å²) >= 11 is 0. The Morgan fingerprint density at radius 1 is 0.828 bits per heavy atom. The van der Waals surface area contributed by atoms with Crippen LogP contribution in [0.4, 0.5) is 0 Å².